The number of likely N-dealkylation sites (N-methyl/N-ethyl adjacent to an activating group) is 1. The number of nitrogens with two attached hydrogens (primary N) is 1. The lowest BCUT2D eigenvalue weighted by atomic mass is 10.2. The van der Waals surface area contributed by atoms with E-state index < -0.39 is 17.1 Å². The first kappa shape index (κ1) is 27.1. The van der Waals surface area contributed by atoms with Gasteiger partial charge in [0.25, 0.3) is 5.56 Å². The third-order valence-electron chi connectivity index (χ3n) is 5.50. The van der Waals surface area contributed by atoms with Gasteiger partial charge in [0, 0.05) is 19.6 Å². The van der Waals surface area contributed by atoms with Crippen molar-refractivity contribution in [3.8, 4) is 5.75 Å². The summed E-state index contributed by atoms with van der Waals surface area (Å²) in [6.45, 7) is 9.19. The zero-order chi connectivity index (χ0) is 25.4. The number of aromatic nitrogens is 2. The van der Waals surface area contributed by atoms with E-state index in [2.05, 4.69) is 4.98 Å². The van der Waals surface area contributed by atoms with E-state index in [4.69, 9.17) is 10.5 Å². The second-order valence-corrected chi connectivity index (χ2v) is 8.67. The fraction of sp³-hybridized carbons (Fsp3) is 0.542. The fourth-order valence-corrected chi connectivity index (χ4v) is 3.68. The molecular formula is C24H36FN5O4. The van der Waals surface area contributed by atoms with Crippen molar-refractivity contribution in [2.75, 3.05) is 37.4 Å². The maximum atomic E-state index is 14.1. The molecule has 0 fully saturated rings. The molecule has 10 heteroatoms. The Bertz CT molecular complexity index is 1100. The van der Waals surface area contributed by atoms with E-state index in [9.17, 15) is 18.8 Å². The topological polar surface area (TPSA) is 114 Å². The van der Waals surface area contributed by atoms with Crippen LogP contribution in [0.1, 0.15) is 46.1 Å². The lowest BCUT2D eigenvalue weighted by Crippen LogP contribution is -2.45. The summed E-state index contributed by atoms with van der Waals surface area (Å²) in [5, 5.41) is 0. The number of amides is 1. The number of ether oxygens (including phenoxy) is 1. The number of rotatable bonds is 12. The molecule has 0 saturated heterocycles. The summed E-state index contributed by atoms with van der Waals surface area (Å²) in [5.74, 6) is -0.555. The number of hydrogen-bond donors (Lipinski definition) is 2. The van der Waals surface area contributed by atoms with Crippen molar-refractivity contribution in [1.29, 1.82) is 0 Å². The minimum atomic E-state index is -0.688. The second kappa shape index (κ2) is 12.4. The first-order valence-corrected chi connectivity index (χ1v) is 11.6. The summed E-state index contributed by atoms with van der Waals surface area (Å²) in [7, 11) is 1.40. The number of unbranched alkanes of at least 4 members (excludes halogenated alkanes) is 1. The summed E-state index contributed by atoms with van der Waals surface area (Å²) < 4.78 is 20.4. The van der Waals surface area contributed by atoms with E-state index >= 15 is 0 Å². The van der Waals surface area contributed by atoms with Crippen molar-refractivity contribution in [1.82, 2.24) is 14.5 Å². The van der Waals surface area contributed by atoms with Gasteiger partial charge >= 0.3 is 5.69 Å². The Morgan fingerprint density at radius 2 is 1.97 bits per heavy atom. The number of carbonyl (C=O) groups excluding carboxylic acids is 1. The predicted molar refractivity (Wildman–Crippen MR) is 132 cm³/mol. The van der Waals surface area contributed by atoms with Crippen LogP contribution >= 0.6 is 0 Å². The normalized spacial score (nSPS) is 11.3. The van der Waals surface area contributed by atoms with Gasteiger partial charge < -0.3 is 15.4 Å². The van der Waals surface area contributed by atoms with E-state index in [-0.39, 0.29) is 42.2 Å². The highest BCUT2D eigenvalue weighted by atomic mass is 19.1. The second-order valence-electron chi connectivity index (χ2n) is 8.67. The molecule has 9 nitrogen and oxygen atoms in total. The van der Waals surface area contributed by atoms with Crippen LogP contribution in [-0.2, 0) is 17.9 Å². The van der Waals surface area contributed by atoms with Crippen molar-refractivity contribution >= 4 is 17.4 Å². The van der Waals surface area contributed by atoms with E-state index in [0.29, 0.717) is 31.6 Å². The van der Waals surface area contributed by atoms with Crippen molar-refractivity contribution in [2.45, 2.75) is 53.6 Å². The van der Waals surface area contributed by atoms with E-state index in [1.807, 2.05) is 32.6 Å². The molecule has 0 radical (unpaired) electrons. The molecule has 0 atom stereocenters. The summed E-state index contributed by atoms with van der Waals surface area (Å²) >= 11 is 0. The van der Waals surface area contributed by atoms with Crippen LogP contribution < -0.4 is 26.6 Å². The smallest absolute Gasteiger partial charge is 0.330 e. The van der Waals surface area contributed by atoms with E-state index in [1.165, 1.54) is 22.6 Å². The van der Waals surface area contributed by atoms with Gasteiger partial charge in [-0.05, 0) is 36.6 Å². The fourth-order valence-electron chi connectivity index (χ4n) is 3.68. The molecule has 1 heterocycles. The molecule has 1 aromatic carbocycles. The maximum Gasteiger partial charge on any atom is 0.330 e. The molecule has 0 saturated carbocycles. The van der Waals surface area contributed by atoms with Crippen molar-refractivity contribution in [3.63, 3.8) is 0 Å². The standard InChI is InChI=1S/C24H36FN5O4/c1-6-8-11-29(21-22(26)30(13-16(3)4)24(33)27-23(21)32)20(31)15-28(7-2)14-17-9-10-19(34-5)18(25)12-17/h9-10,12,16H,6-8,11,13-15,26H2,1-5H3,(H,27,32,33). The number of nitrogens with zero attached hydrogens (tertiary/aromatic N) is 3. The number of aromatic amines is 1. The van der Waals surface area contributed by atoms with Gasteiger partial charge in [-0.25, -0.2) is 9.18 Å². The number of carbonyl (C=O) groups is 1. The van der Waals surface area contributed by atoms with Gasteiger partial charge in [-0.15, -0.1) is 0 Å². The van der Waals surface area contributed by atoms with Crippen molar-refractivity contribution in [2.24, 2.45) is 5.92 Å². The predicted octanol–water partition coefficient (Wildman–Crippen LogP) is 2.58. The van der Waals surface area contributed by atoms with Gasteiger partial charge in [-0.2, -0.15) is 0 Å². The molecule has 0 bridgehead atoms. The minimum Gasteiger partial charge on any atom is -0.494 e. The van der Waals surface area contributed by atoms with E-state index in [1.54, 1.807) is 12.1 Å². The van der Waals surface area contributed by atoms with E-state index in [0.717, 1.165) is 6.42 Å². The van der Waals surface area contributed by atoms with Crippen LogP contribution in [0.5, 0.6) is 5.75 Å². The Morgan fingerprint density at radius 1 is 1.26 bits per heavy atom. The molecule has 2 rings (SSSR count). The highest BCUT2D eigenvalue weighted by Gasteiger charge is 2.25. The number of nitrogens with one attached hydrogen (secondary N) is 1. The minimum absolute atomic E-state index is 0.00392. The first-order chi connectivity index (χ1) is 16.1. The maximum absolute atomic E-state index is 14.1. The molecule has 0 aliphatic carbocycles. The van der Waals surface area contributed by atoms with Gasteiger partial charge in [0.05, 0.1) is 13.7 Å². The van der Waals surface area contributed by atoms with Crippen LogP contribution in [-0.4, -0.2) is 47.1 Å². The first-order valence-electron chi connectivity index (χ1n) is 11.6. The molecule has 188 valence electrons. The molecule has 3 N–H and O–H groups in total. The number of halogens is 1. The van der Waals surface area contributed by atoms with Gasteiger partial charge in [-0.1, -0.05) is 40.2 Å². The Labute approximate surface area is 199 Å². The van der Waals surface area contributed by atoms with Crippen LogP contribution in [0, 0.1) is 11.7 Å². The average molecular weight is 478 g/mol. The van der Waals surface area contributed by atoms with Crippen LogP contribution in [0.3, 0.4) is 0 Å². The SMILES string of the molecule is CCCCN(C(=O)CN(CC)Cc1ccc(OC)c(F)c1)c1c(N)n(CC(C)C)c(=O)[nH]c1=O. The lowest BCUT2D eigenvalue weighted by Gasteiger charge is -2.28. The van der Waals surface area contributed by atoms with Crippen molar-refractivity contribution < 1.29 is 13.9 Å². The molecule has 34 heavy (non-hydrogen) atoms. The van der Waals surface area contributed by atoms with Crippen LogP contribution in [0.2, 0.25) is 0 Å². The van der Waals surface area contributed by atoms with Gasteiger partial charge in [0.2, 0.25) is 5.91 Å². The Balaban J connectivity index is 2.36. The number of H-pyrrole nitrogens is 1. The third kappa shape index (κ3) is 6.69. The third-order valence-corrected chi connectivity index (χ3v) is 5.50. The van der Waals surface area contributed by atoms with Crippen LogP contribution in [0.4, 0.5) is 15.9 Å². The zero-order valence-corrected chi connectivity index (χ0v) is 20.7. The average Bonchev–Trinajstić information content (AvgIpc) is 2.78. The molecule has 0 unspecified atom stereocenters. The highest BCUT2D eigenvalue weighted by Crippen LogP contribution is 2.21. The van der Waals surface area contributed by atoms with Crippen molar-refractivity contribution in [3.05, 3.63) is 50.4 Å². The Kier molecular flexibility index (Phi) is 9.85. The highest BCUT2D eigenvalue weighted by molar-refractivity contribution is 5.96. The lowest BCUT2D eigenvalue weighted by molar-refractivity contribution is -0.119. The Morgan fingerprint density at radius 3 is 2.53 bits per heavy atom. The molecule has 0 aliphatic rings. The molecule has 1 amide bonds. The van der Waals surface area contributed by atoms with Gasteiger partial charge in [0.15, 0.2) is 17.3 Å². The molecule has 0 spiro atoms. The number of hydrogen-bond acceptors (Lipinski definition) is 6. The molecule has 2 aromatic rings. The molecular weight excluding hydrogens is 441 g/mol. The number of nitrogen functional groups attached to an aromatic ring is 1. The molecule has 1 aromatic heterocycles. The quantitative estimate of drug-likeness (QED) is 0.486. The van der Waals surface area contributed by atoms with Crippen LogP contribution in [0.15, 0.2) is 27.8 Å². The monoisotopic (exact) mass is 477 g/mol. The summed E-state index contributed by atoms with van der Waals surface area (Å²) in [6.07, 6.45) is 1.46. The summed E-state index contributed by atoms with van der Waals surface area (Å²) in [6, 6.07) is 4.67. The largest absolute Gasteiger partial charge is 0.494 e. The van der Waals surface area contributed by atoms with Gasteiger partial charge in [-0.3, -0.25) is 24.0 Å². The number of methoxy groups -OCH3 is 1. The number of anilines is 2. The Hall–Kier alpha value is -3.14. The van der Waals surface area contributed by atoms with Gasteiger partial charge in [0.1, 0.15) is 5.82 Å². The van der Waals surface area contributed by atoms with Crippen LogP contribution in [0.25, 0.3) is 0 Å². The summed E-state index contributed by atoms with van der Waals surface area (Å²) in [5.41, 5.74) is 5.65. The molecule has 0 aliphatic heterocycles. The summed E-state index contributed by atoms with van der Waals surface area (Å²) in [4.78, 5) is 44.0. The number of benzene rings is 1. The zero-order valence-electron chi connectivity index (χ0n) is 20.7.